The Morgan fingerprint density at radius 2 is 0.439 bits per heavy atom. The van der Waals surface area contributed by atoms with Crippen LogP contribution in [0, 0.1) is 6.57 Å². The second-order valence-electron chi connectivity index (χ2n) is 25.8. The molecule has 0 aliphatic rings. The lowest BCUT2D eigenvalue weighted by Crippen LogP contribution is -2.18. The van der Waals surface area contributed by atoms with E-state index in [2.05, 4.69) is 360 Å². The summed E-state index contributed by atoms with van der Waals surface area (Å²) in [6, 6.07) is 123. The highest BCUT2D eigenvalue weighted by Crippen LogP contribution is 2.55. The smallest absolute Gasteiger partial charge is 0.187 e. The minimum Gasteiger partial charge on any atom is -0.309 e. The molecule has 0 unspecified atom stereocenters. The summed E-state index contributed by atoms with van der Waals surface area (Å²) in [4.78, 5) is 4.27. The van der Waals surface area contributed by atoms with Crippen molar-refractivity contribution in [3.8, 4) is 56.4 Å². The van der Waals surface area contributed by atoms with E-state index in [1.165, 1.54) is 16.3 Å². The molecule has 0 saturated heterocycles. The van der Waals surface area contributed by atoms with Crippen LogP contribution in [0.3, 0.4) is 0 Å². The van der Waals surface area contributed by atoms with Crippen molar-refractivity contribution in [1.29, 1.82) is 0 Å². The first-order chi connectivity index (χ1) is 48.7. The molecule has 0 radical (unpaired) electrons. The van der Waals surface area contributed by atoms with E-state index in [-0.39, 0.29) is 0 Å². The van der Waals surface area contributed by atoms with Crippen molar-refractivity contribution in [3.63, 3.8) is 0 Å². The molecule has 7 nitrogen and oxygen atoms in total. The third kappa shape index (κ3) is 7.51. The highest BCUT2D eigenvalue weighted by Gasteiger charge is 2.37. The second kappa shape index (κ2) is 20.8. The van der Waals surface area contributed by atoms with Crippen LogP contribution in [0.1, 0.15) is 0 Å². The van der Waals surface area contributed by atoms with Crippen molar-refractivity contribution < 1.29 is 0 Å². The van der Waals surface area contributed by atoms with Gasteiger partial charge in [0.05, 0.1) is 101 Å². The first kappa shape index (κ1) is 54.0. The SMILES string of the molecule is [C-]#[N+]c1cccc(-c2c(-n3c4ccccc4c4ccccc43)c(-n3c4ccccc4c4ccccc43)c(-n3c4ccccc4c4cc(-c5ccc6c(c5)c5ccccc5n6-c5ccccc5)ccc43)c(-n3c4ccccc4c4ccccc43)c2-n2c3ccccc3c3ccccc32)c1. The fourth-order valence-electron chi connectivity index (χ4n) is 16.8. The van der Waals surface area contributed by atoms with Crippen molar-refractivity contribution >= 4 is 137 Å². The number of aromatic nitrogens is 6. The average molecular weight is 1250 g/mol. The Hall–Kier alpha value is -13.4. The van der Waals surface area contributed by atoms with E-state index in [4.69, 9.17) is 6.57 Å². The quantitative estimate of drug-likeness (QED) is 0.136. The van der Waals surface area contributed by atoms with Crippen molar-refractivity contribution in [2.75, 3.05) is 0 Å². The molecule has 0 fully saturated rings. The van der Waals surface area contributed by atoms with Crippen LogP contribution >= 0.6 is 0 Å². The summed E-state index contributed by atoms with van der Waals surface area (Å²) in [6.07, 6.45) is 0. The van der Waals surface area contributed by atoms with Crippen LogP contribution in [0.4, 0.5) is 5.69 Å². The Bertz CT molecular complexity index is 6550. The van der Waals surface area contributed by atoms with Crippen LogP contribution in [0.2, 0.25) is 0 Å². The average Bonchev–Trinajstić information content (AvgIpc) is 1.42. The Morgan fingerprint density at radius 1 is 0.184 bits per heavy atom. The molecule has 7 heteroatoms. The molecule has 0 bridgehead atoms. The molecule has 0 aliphatic heterocycles. The van der Waals surface area contributed by atoms with E-state index >= 15 is 0 Å². The predicted octanol–water partition coefficient (Wildman–Crippen LogP) is 24.2. The summed E-state index contributed by atoms with van der Waals surface area (Å²) >= 11 is 0. The molecule has 0 N–H and O–H groups in total. The van der Waals surface area contributed by atoms with E-state index < -0.39 is 0 Å². The largest absolute Gasteiger partial charge is 0.309 e. The van der Waals surface area contributed by atoms with Gasteiger partial charge in [0.1, 0.15) is 0 Å². The van der Waals surface area contributed by atoms with Gasteiger partial charge in [-0.05, 0) is 120 Å². The third-order valence-corrected chi connectivity index (χ3v) is 20.8. The van der Waals surface area contributed by atoms with Gasteiger partial charge in [0.25, 0.3) is 0 Å². The number of fused-ring (bicyclic) bond motifs is 18. The summed E-state index contributed by atoms with van der Waals surface area (Å²) in [5, 5.41) is 13.8. The predicted molar refractivity (Wildman–Crippen MR) is 410 cm³/mol. The first-order valence-electron chi connectivity index (χ1n) is 33.5. The highest BCUT2D eigenvalue weighted by molar-refractivity contribution is 6.20. The molecule has 6 heterocycles. The van der Waals surface area contributed by atoms with Crippen molar-refractivity contribution in [1.82, 2.24) is 27.4 Å². The summed E-state index contributed by atoms with van der Waals surface area (Å²) in [5.41, 5.74) is 23.5. The monoisotopic (exact) mass is 1250 g/mol. The fraction of sp³-hybridized carbons (Fsp3) is 0. The van der Waals surface area contributed by atoms with E-state index in [1.807, 2.05) is 6.07 Å². The van der Waals surface area contributed by atoms with Crippen LogP contribution in [-0.4, -0.2) is 27.4 Å². The normalized spacial score (nSPS) is 12.1. The van der Waals surface area contributed by atoms with Crippen LogP contribution in [-0.2, 0) is 0 Å². The highest BCUT2D eigenvalue weighted by atomic mass is 15.2. The summed E-state index contributed by atoms with van der Waals surface area (Å²) in [7, 11) is 0. The number of rotatable bonds is 8. The van der Waals surface area contributed by atoms with E-state index in [0.29, 0.717) is 5.69 Å². The zero-order valence-corrected chi connectivity index (χ0v) is 52.9. The standard InChI is InChI=1S/C91H55N7/c1-92-60-27-25-26-59(54-60)86-87(94-75-41-16-5-30-62(75)63-31-6-17-42-76(63)94)89(96-79-45-20-9-34-66(79)67-35-10-21-46-80(67)96)91(90(97-81-47-22-11-36-68(81)69-37-12-23-48-82(69)97)88(86)95-77-43-18-7-32-64(77)65-33-8-19-44-78(65)95)98-83-49-24-14-39-71(83)73-56-58(51-53-85(73)98)57-50-52-84-72(55-57)70-38-13-15-40-74(70)93(84)61-28-3-2-4-29-61/h2-56H. The second-order valence-corrected chi connectivity index (χ2v) is 25.8. The Kier molecular flexibility index (Phi) is 11.5. The Labute approximate surface area is 562 Å². The lowest BCUT2D eigenvalue weighted by Gasteiger charge is -2.32. The number of hydrogen-bond acceptors (Lipinski definition) is 0. The summed E-state index contributed by atoms with van der Waals surface area (Å²) in [5.74, 6) is 0. The van der Waals surface area contributed by atoms with Gasteiger partial charge in [-0.2, -0.15) is 0 Å². The summed E-state index contributed by atoms with van der Waals surface area (Å²) in [6.45, 7) is 8.85. The maximum Gasteiger partial charge on any atom is 0.187 e. The molecular weight excluding hydrogens is 1190 g/mol. The minimum atomic E-state index is 0.545. The van der Waals surface area contributed by atoms with Gasteiger partial charge in [-0.1, -0.05) is 231 Å². The maximum absolute atomic E-state index is 8.85. The van der Waals surface area contributed by atoms with Gasteiger partial charge in [0, 0.05) is 75.9 Å². The van der Waals surface area contributed by atoms with Crippen LogP contribution in [0.15, 0.2) is 334 Å². The first-order valence-corrected chi connectivity index (χ1v) is 33.5. The zero-order chi connectivity index (χ0) is 64.3. The number of nitrogens with zero attached hydrogens (tertiary/aromatic N) is 7. The molecule has 0 aliphatic carbocycles. The van der Waals surface area contributed by atoms with Gasteiger partial charge in [-0.25, -0.2) is 4.85 Å². The van der Waals surface area contributed by atoms with Gasteiger partial charge in [0.15, 0.2) is 5.69 Å². The molecule has 21 rings (SSSR count). The molecule has 15 aromatic carbocycles. The number of hydrogen-bond donors (Lipinski definition) is 0. The fourth-order valence-corrected chi connectivity index (χ4v) is 16.8. The van der Waals surface area contributed by atoms with Gasteiger partial charge < -0.3 is 27.4 Å². The number of para-hydroxylation sites is 11. The lowest BCUT2D eigenvalue weighted by molar-refractivity contribution is 1.00. The van der Waals surface area contributed by atoms with Gasteiger partial charge in [0.2, 0.25) is 0 Å². The van der Waals surface area contributed by atoms with Crippen LogP contribution < -0.4 is 0 Å². The van der Waals surface area contributed by atoms with Gasteiger partial charge >= 0.3 is 0 Å². The van der Waals surface area contributed by atoms with E-state index in [1.54, 1.807) is 0 Å². The minimum absolute atomic E-state index is 0.545. The van der Waals surface area contributed by atoms with Gasteiger partial charge in [-0.15, -0.1) is 0 Å². The van der Waals surface area contributed by atoms with Gasteiger partial charge in [-0.3, -0.25) is 0 Å². The molecular formula is C91H55N7. The molecule has 21 aromatic rings. The molecule has 0 saturated carbocycles. The molecule has 6 aromatic heterocycles. The van der Waals surface area contributed by atoms with Crippen LogP contribution in [0.25, 0.3) is 192 Å². The molecule has 0 atom stereocenters. The maximum atomic E-state index is 8.85. The zero-order valence-electron chi connectivity index (χ0n) is 52.9. The molecule has 454 valence electrons. The van der Waals surface area contributed by atoms with Crippen molar-refractivity contribution in [2.24, 2.45) is 0 Å². The van der Waals surface area contributed by atoms with E-state index in [0.717, 1.165) is 171 Å². The lowest BCUT2D eigenvalue weighted by atomic mass is 9.94. The molecule has 0 spiro atoms. The Morgan fingerprint density at radius 3 is 0.765 bits per heavy atom. The topological polar surface area (TPSA) is 33.9 Å². The van der Waals surface area contributed by atoms with Crippen molar-refractivity contribution in [3.05, 3.63) is 345 Å². The summed E-state index contributed by atoms with van der Waals surface area (Å²) < 4.78 is 15.3. The Balaban J connectivity index is 1.04. The van der Waals surface area contributed by atoms with E-state index in [9.17, 15) is 0 Å². The number of benzene rings is 15. The molecule has 98 heavy (non-hydrogen) atoms. The van der Waals surface area contributed by atoms with Crippen LogP contribution in [0.5, 0.6) is 0 Å². The van der Waals surface area contributed by atoms with Crippen molar-refractivity contribution in [2.45, 2.75) is 0 Å². The molecule has 0 amide bonds. The third-order valence-electron chi connectivity index (χ3n) is 20.8.